The van der Waals surface area contributed by atoms with Crippen LogP contribution >= 0.6 is 0 Å². The second-order valence-corrected chi connectivity index (χ2v) is 11.4. The SMILES string of the molecule is Cn1cc(-c2cc(S(C)(=N)=O)ccc2OC2CCC(C)(C)CC2)c2cc[nH]c2c1=O. The van der Waals surface area contributed by atoms with Gasteiger partial charge in [-0.05, 0) is 55.4 Å². The van der Waals surface area contributed by atoms with E-state index in [2.05, 4.69) is 18.8 Å². The van der Waals surface area contributed by atoms with Crippen molar-refractivity contribution in [3.63, 3.8) is 0 Å². The Hall–Kier alpha value is -2.54. The third-order valence-corrected chi connectivity index (χ3v) is 7.32. The van der Waals surface area contributed by atoms with E-state index in [0.717, 1.165) is 42.2 Å². The molecule has 1 atom stereocenters. The summed E-state index contributed by atoms with van der Waals surface area (Å²) >= 11 is 0. The predicted octanol–water partition coefficient (Wildman–Crippen LogP) is 4.92. The standard InChI is InChI=1S/C23H29N3O3S/c1-23(2)10-7-15(8-11-23)29-20-6-5-16(30(4,24)28)13-18(20)19-14-26(3)22(27)21-17(19)9-12-25-21/h5-6,9,12-15,24-25H,7-8,10-11H2,1-4H3. The molecule has 30 heavy (non-hydrogen) atoms. The maximum Gasteiger partial charge on any atom is 0.274 e. The fraction of sp³-hybridized carbons (Fsp3) is 0.435. The minimum absolute atomic E-state index is 0.105. The number of aromatic nitrogens is 2. The van der Waals surface area contributed by atoms with Crippen LogP contribution in [0.2, 0.25) is 0 Å². The number of nitrogens with zero attached hydrogens (tertiary/aromatic N) is 1. The van der Waals surface area contributed by atoms with Crippen molar-refractivity contribution < 1.29 is 8.95 Å². The van der Waals surface area contributed by atoms with Gasteiger partial charge in [0.05, 0.1) is 15.8 Å². The van der Waals surface area contributed by atoms with Crippen molar-refractivity contribution in [1.82, 2.24) is 9.55 Å². The van der Waals surface area contributed by atoms with Crippen LogP contribution in [0.1, 0.15) is 39.5 Å². The number of rotatable bonds is 4. The van der Waals surface area contributed by atoms with Crippen LogP contribution in [-0.4, -0.2) is 26.1 Å². The molecule has 1 unspecified atom stereocenters. The molecule has 0 bridgehead atoms. The number of H-pyrrole nitrogens is 1. The lowest BCUT2D eigenvalue weighted by Crippen LogP contribution is -2.28. The minimum Gasteiger partial charge on any atom is -0.490 e. The van der Waals surface area contributed by atoms with Crippen LogP contribution in [0.5, 0.6) is 5.75 Å². The van der Waals surface area contributed by atoms with Crippen molar-refractivity contribution in [2.75, 3.05) is 6.26 Å². The van der Waals surface area contributed by atoms with E-state index < -0.39 is 9.73 Å². The van der Waals surface area contributed by atoms with Gasteiger partial charge in [0.2, 0.25) is 0 Å². The Bertz CT molecular complexity index is 1260. The van der Waals surface area contributed by atoms with Crippen molar-refractivity contribution in [3.05, 3.63) is 47.0 Å². The van der Waals surface area contributed by atoms with Crippen LogP contribution in [0.25, 0.3) is 22.0 Å². The lowest BCUT2D eigenvalue weighted by Gasteiger charge is -2.34. The molecule has 2 heterocycles. The molecule has 160 valence electrons. The average molecular weight is 428 g/mol. The molecule has 0 amide bonds. The highest BCUT2D eigenvalue weighted by molar-refractivity contribution is 7.91. The summed E-state index contributed by atoms with van der Waals surface area (Å²) in [4.78, 5) is 16.0. The van der Waals surface area contributed by atoms with Gasteiger partial charge in [-0.1, -0.05) is 13.8 Å². The fourth-order valence-corrected chi connectivity index (χ4v) is 4.89. The van der Waals surface area contributed by atoms with E-state index in [0.29, 0.717) is 21.6 Å². The molecule has 1 aromatic carbocycles. The van der Waals surface area contributed by atoms with Crippen LogP contribution in [0.15, 0.2) is 46.3 Å². The zero-order chi connectivity index (χ0) is 21.7. The molecule has 1 saturated carbocycles. The molecule has 0 saturated heterocycles. The van der Waals surface area contributed by atoms with Crippen LogP contribution in [0.3, 0.4) is 0 Å². The highest BCUT2D eigenvalue weighted by atomic mass is 32.2. The first-order valence-electron chi connectivity index (χ1n) is 10.3. The maximum absolute atomic E-state index is 12.5. The van der Waals surface area contributed by atoms with E-state index in [1.54, 1.807) is 31.6 Å². The van der Waals surface area contributed by atoms with E-state index in [4.69, 9.17) is 9.52 Å². The summed E-state index contributed by atoms with van der Waals surface area (Å²) in [7, 11) is -1.17. The molecule has 4 rings (SSSR count). The van der Waals surface area contributed by atoms with E-state index in [1.807, 2.05) is 12.1 Å². The topological polar surface area (TPSA) is 87.9 Å². The second-order valence-electron chi connectivity index (χ2n) is 9.21. The summed E-state index contributed by atoms with van der Waals surface area (Å²) in [5.41, 5.74) is 2.35. The zero-order valence-electron chi connectivity index (χ0n) is 18.0. The van der Waals surface area contributed by atoms with Crippen LogP contribution in [0.4, 0.5) is 0 Å². The maximum atomic E-state index is 12.5. The van der Waals surface area contributed by atoms with Gasteiger partial charge in [-0.25, -0.2) is 8.99 Å². The molecular formula is C23H29N3O3S. The molecule has 1 aliphatic rings. The molecule has 0 spiro atoms. The van der Waals surface area contributed by atoms with Crippen molar-refractivity contribution in [1.29, 1.82) is 4.78 Å². The molecule has 0 aliphatic heterocycles. The molecule has 6 nitrogen and oxygen atoms in total. The first-order valence-corrected chi connectivity index (χ1v) is 12.2. The van der Waals surface area contributed by atoms with Crippen molar-refractivity contribution in [2.24, 2.45) is 12.5 Å². The number of aryl methyl sites for hydroxylation is 1. The highest BCUT2D eigenvalue weighted by Gasteiger charge is 2.28. The Morgan fingerprint density at radius 2 is 1.90 bits per heavy atom. The number of hydrogen-bond acceptors (Lipinski definition) is 4. The minimum atomic E-state index is -2.89. The average Bonchev–Trinajstić information content (AvgIpc) is 3.16. The summed E-state index contributed by atoms with van der Waals surface area (Å²) in [5, 5.41) is 0.789. The van der Waals surface area contributed by atoms with E-state index in [1.165, 1.54) is 10.8 Å². The molecule has 2 aromatic heterocycles. The molecule has 1 fully saturated rings. The summed E-state index contributed by atoms with van der Waals surface area (Å²) in [6.07, 6.45) is 9.28. The van der Waals surface area contributed by atoms with Gasteiger partial charge in [0.15, 0.2) is 0 Å². The normalized spacial score (nSPS) is 18.9. The molecular weight excluding hydrogens is 398 g/mol. The Kier molecular flexibility index (Phi) is 5.04. The molecule has 0 radical (unpaired) electrons. The highest BCUT2D eigenvalue weighted by Crippen LogP contribution is 2.40. The van der Waals surface area contributed by atoms with E-state index in [-0.39, 0.29) is 11.7 Å². The van der Waals surface area contributed by atoms with Gasteiger partial charge in [0, 0.05) is 47.1 Å². The number of fused-ring (bicyclic) bond motifs is 1. The lowest BCUT2D eigenvalue weighted by molar-refractivity contribution is 0.0992. The van der Waals surface area contributed by atoms with E-state index in [9.17, 15) is 9.00 Å². The lowest BCUT2D eigenvalue weighted by atomic mass is 9.76. The molecule has 1 aliphatic carbocycles. The summed E-state index contributed by atoms with van der Waals surface area (Å²) in [5.74, 6) is 0.702. The van der Waals surface area contributed by atoms with Crippen molar-refractivity contribution in [3.8, 4) is 16.9 Å². The number of aromatic amines is 1. The largest absolute Gasteiger partial charge is 0.490 e. The zero-order valence-corrected chi connectivity index (χ0v) is 18.8. The van der Waals surface area contributed by atoms with Gasteiger partial charge >= 0.3 is 0 Å². The Labute approximate surface area is 177 Å². The van der Waals surface area contributed by atoms with Gasteiger partial charge in [0.25, 0.3) is 5.56 Å². The monoisotopic (exact) mass is 427 g/mol. The van der Waals surface area contributed by atoms with Crippen LogP contribution in [0, 0.1) is 10.2 Å². The number of ether oxygens (including phenoxy) is 1. The van der Waals surface area contributed by atoms with E-state index >= 15 is 0 Å². The first kappa shape index (κ1) is 20.7. The van der Waals surface area contributed by atoms with Crippen molar-refractivity contribution >= 4 is 20.6 Å². The van der Waals surface area contributed by atoms with Gasteiger partial charge in [-0.2, -0.15) is 0 Å². The number of pyridine rings is 1. The third-order valence-electron chi connectivity index (χ3n) is 6.16. The van der Waals surface area contributed by atoms with Gasteiger partial charge in [-0.15, -0.1) is 0 Å². The van der Waals surface area contributed by atoms with Crippen molar-refractivity contribution in [2.45, 2.75) is 50.5 Å². The summed E-state index contributed by atoms with van der Waals surface area (Å²) in [6, 6.07) is 7.20. The smallest absolute Gasteiger partial charge is 0.274 e. The summed E-state index contributed by atoms with van der Waals surface area (Å²) < 4.78 is 28.5. The third kappa shape index (κ3) is 3.90. The Balaban J connectivity index is 1.84. The van der Waals surface area contributed by atoms with Gasteiger partial charge in [-0.3, -0.25) is 4.79 Å². The molecule has 7 heteroatoms. The van der Waals surface area contributed by atoms with Gasteiger partial charge in [0.1, 0.15) is 11.3 Å². The quantitative estimate of drug-likeness (QED) is 0.620. The predicted molar refractivity (Wildman–Crippen MR) is 121 cm³/mol. The van der Waals surface area contributed by atoms with Gasteiger partial charge < -0.3 is 14.3 Å². The molecule has 3 aromatic rings. The number of nitrogens with one attached hydrogen (secondary N) is 2. The van der Waals surface area contributed by atoms with Crippen LogP contribution in [-0.2, 0) is 16.8 Å². The van der Waals surface area contributed by atoms with Crippen LogP contribution < -0.4 is 10.3 Å². The fourth-order valence-electron chi connectivity index (χ4n) is 4.22. The first-order chi connectivity index (χ1) is 14.0. The Morgan fingerprint density at radius 1 is 1.20 bits per heavy atom. The second kappa shape index (κ2) is 7.30. The number of hydrogen-bond donors (Lipinski definition) is 2. The summed E-state index contributed by atoms with van der Waals surface area (Å²) in [6.45, 7) is 4.59. The molecule has 2 N–H and O–H groups in total. The Morgan fingerprint density at radius 3 is 2.57 bits per heavy atom. The number of benzene rings is 1.